The Morgan fingerprint density at radius 3 is 2.48 bits per heavy atom. The number of hydrogen-bond donors (Lipinski definition) is 1. The fraction of sp³-hybridized carbons (Fsp3) is 0.250. The van der Waals surface area contributed by atoms with Gasteiger partial charge in [-0.1, -0.05) is 22.9 Å². The molecule has 1 nitrogen and oxygen atoms in total. The molecule has 1 unspecified atom stereocenters. The molecule has 2 aromatic rings. The van der Waals surface area contributed by atoms with E-state index in [9.17, 15) is 13.2 Å². The smallest absolute Gasteiger partial charge is 0.128 e. The lowest BCUT2D eigenvalue weighted by Gasteiger charge is -2.19. The maximum absolute atomic E-state index is 13.9. The largest absolute Gasteiger partial charge is 0.310 e. The van der Waals surface area contributed by atoms with Crippen molar-refractivity contribution in [3.63, 3.8) is 0 Å². The van der Waals surface area contributed by atoms with E-state index in [0.29, 0.717) is 23.0 Å². The average molecular weight is 358 g/mol. The van der Waals surface area contributed by atoms with Crippen LogP contribution >= 0.6 is 15.9 Å². The van der Waals surface area contributed by atoms with E-state index in [-0.39, 0.29) is 11.4 Å². The van der Waals surface area contributed by atoms with Crippen molar-refractivity contribution in [1.29, 1.82) is 0 Å². The van der Waals surface area contributed by atoms with E-state index in [4.69, 9.17) is 0 Å². The van der Waals surface area contributed by atoms with E-state index in [0.717, 1.165) is 12.1 Å². The molecule has 2 rings (SSSR count). The summed E-state index contributed by atoms with van der Waals surface area (Å²) >= 11 is 3.23. The molecular formula is C16H15BrF3N. The maximum Gasteiger partial charge on any atom is 0.128 e. The van der Waals surface area contributed by atoms with Crippen LogP contribution in [0, 0.1) is 17.5 Å². The lowest BCUT2D eigenvalue weighted by molar-refractivity contribution is 0.501. The van der Waals surface area contributed by atoms with Crippen molar-refractivity contribution in [1.82, 2.24) is 5.32 Å². The van der Waals surface area contributed by atoms with Crippen LogP contribution in [-0.4, -0.2) is 6.54 Å². The zero-order chi connectivity index (χ0) is 15.4. The highest BCUT2D eigenvalue weighted by Crippen LogP contribution is 2.24. The van der Waals surface area contributed by atoms with Gasteiger partial charge in [-0.25, -0.2) is 13.2 Å². The molecule has 0 heterocycles. The molecule has 0 aliphatic rings. The number of benzene rings is 2. The van der Waals surface area contributed by atoms with Crippen molar-refractivity contribution in [2.24, 2.45) is 0 Å². The van der Waals surface area contributed by atoms with Gasteiger partial charge in [0, 0.05) is 16.1 Å². The molecule has 112 valence electrons. The van der Waals surface area contributed by atoms with Crippen molar-refractivity contribution in [3.05, 3.63) is 69.4 Å². The van der Waals surface area contributed by atoms with Crippen LogP contribution in [0.1, 0.15) is 24.1 Å². The van der Waals surface area contributed by atoms with Gasteiger partial charge in [0.15, 0.2) is 0 Å². The molecule has 0 aliphatic carbocycles. The predicted octanol–water partition coefficient (Wildman–Crippen LogP) is 4.76. The van der Waals surface area contributed by atoms with Crippen LogP contribution in [0.3, 0.4) is 0 Å². The summed E-state index contributed by atoms with van der Waals surface area (Å²) in [6.07, 6.45) is 0.366. The number of rotatable bonds is 5. The predicted molar refractivity (Wildman–Crippen MR) is 80.6 cm³/mol. The SMILES string of the molecule is CCNC(Cc1cc(F)cc(Br)c1)c1cc(F)ccc1F. The van der Waals surface area contributed by atoms with Gasteiger partial charge in [0.1, 0.15) is 17.5 Å². The molecule has 2 aromatic carbocycles. The molecule has 0 bridgehead atoms. The molecule has 0 aromatic heterocycles. The van der Waals surface area contributed by atoms with Gasteiger partial charge in [0.05, 0.1) is 0 Å². The van der Waals surface area contributed by atoms with Gasteiger partial charge in [-0.2, -0.15) is 0 Å². The molecule has 0 saturated heterocycles. The molecule has 0 aliphatic heterocycles. The first kappa shape index (κ1) is 16.0. The Morgan fingerprint density at radius 2 is 1.81 bits per heavy atom. The van der Waals surface area contributed by atoms with Crippen molar-refractivity contribution in [2.75, 3.05) is 6.54 Å². The third kappa shape index (κ3) is 4.32. The zero-order valence-corrected chi connectivity index (χ0v) is 13.1. The minimum Gasteiger partial charge on any atom is -0.310 e. The summed E-state index contributed by atoms with van der Waals surface area (Å²) in [7, 11) is 0. The Morgan fingerprint density at radius 1 is 1.05 bits per heavy atom. The molecule has 21 heavy (non-hydrogen) atoms. The molecule has 0 amide bonds. The van der Waals surface area contributed by atoms with E-state index in [1.54, 1.807) is 6.07 Å². The number of hydrogen-bond acceptors (Lipinski definition) is 1. The van der Waals surface area contributed by atoms with E-state index in [1.807, 2.05) is 6.92 Å². The first-order valence-electron chi connectivity index (χ1n) is 6.63. The van der Waals surface area contributed by atoms with Gasteiger partial charge < -0.3 is 5.32 Å². The molecule has 1 N–H and O–H groups in total. The zero-order valence-electron chi connectivity index (χ0n) is 11.5. The third-order valence-electron chi connectivity index (χ3n) is 3.15. The Balaban J connectivity index is 2.32. The summed E-state index contributed by atoms with van der Waals surface area (Å²) in [6.45, 7) is 2.48. The van der Waals surface area contributed by atoms with Gasteiger partial charge in [-0.05, 0) is 54.9 Å². The summed E-state index contributed by atoms with van der Waals surface area (Å²) in [5, 5.41) is 3.11. The highest BCUT2D eigenvalue weighted by atomic mass is 79.9. The fourth-order valence-electron chi connectivity index (χ4n) is 2.28. The van der Waals surface area contributed by atoms with Crippen LogP contribution in [0.5, 0.6) is 0 Å². The first-order valence-corrected chi connectivity index (χ1v) is 7.42. The Hall–Kier alpha value is -1.33. The van der Waals surface area contributed by atoms with E-state index >= 15 is 0 Å². The van der Waals surface area contributed by atoms with Gasteiger partial charge in [-0.15, -0.1) is 0 Å². The van der Waals surface area contributed by atoms with Crippen molar-refractivity contribution < 1.29 is 13.2 Å². The fourth-order valence-corrected chi connectivity index (χ4v) is 2.80. The molecule has 0 spiro atoms. The molecule has 0 saturated carbocycles. The summed E-state index contributed by atoms with van der Waals surface area (Å²) in [5.74, 6) is -1.33. The molecular weight excluding hydrogens is 343 g/mol. The molecule has 0 fully saturated rings. The van der Waals surface area contributed by atoms with Gasteiger partial charge in [0.2, 0.25) is 0 Å². The van der Waals surface area contributed by atoms with E-state index in [1.165, 1.54) is 18.2 Å². The average Bonchev–Trinajstić information content (AvgIpc) is 2.40. The maximum atomic E-state index is 13.9. The third-order valence-corrected chi connectivity index (χ3v) is 3.60. The second-order valence-corrected chi connectivity index (χ2v) is 5.67. The summed E-state index contributed by atoms with van der Waals surface area (Å²) in [5.41, 5.74) is 0.953. The number of likely N-dealkylation sites (N-methyl/N-ethyl adjacent to an activating group) is 1. The normalized spacial score (nSPS) is 12.4. The van der Waals surface area contributed by atoms with Gasteiger partial charge in [-0.3, -0.25) is 0 Å². The van der Waals surface area contributed by atoms with Crippen LogP contribution in [0.2, 0.25) is 0 Å². The van der Waals surface area contributed by atoms with E-state index in [2.05, 4.69) is 21.2 Å². The first-order chi connectivity index (χ1) is 9.99. The van der Waals surface area contributed by atoms with Crippen molar-refractivity contribution in [3.8, 4) is 0 Å². The van der Waals surface area contributed by atoms with Crippen molar-refractivity contribution >= 4 is 15.9 Å². The van der Waals surface area contributed by atoms with Crippen LogP contribution in [-0.2, 0) is 6.42 Å². The number of halogens is 4. The molecule has 5 heteroatoms. The quantitative estimate of drug-likeness (QED) is 0.813. The van der Waals surface area contributed by atoms with Crippen molar-refractivity contribution in [2.45, 2.75) is 19.4 Å². The highest BCUT2D eigenvalue weighted by molar-refractivity contribution is 9.10. The van der Waals surface area contributed by atoms with Crippen LogP contribution in [0.15, 0.2) is 40.9 Å². The van der Waals surface area contributed by atoms with E-state index < -0.39 is 17.7 Å². The monoisotopic (exact) mass is 357 g/mol. The number of nitrogens with one attached hydrogen (secondary N) is 1. The highest BCUT2D eigenvalue weighted by Gasteiger charge is 2.17. The lowest BCUT2D eigenvalue weighted by atomic mass is 9.98. The van der Waals surface area contributed by atoms with Gasteiger partial charge in [0.25, 0.3) is 0 Å². The summed E-state index contributed by atoms with van der Waals surface area (Å²) in [4.78, 5) is 0. The topological polar surface area (TPSA) is 12.0 Å². The summed E-state index contributed by atoms with van der Waals surface area (Å²) < 4.78 is 41.3. The minimum atomic E-state index is -0.491. The Labute approximate surface area is 130 Å². The summed E-state index contributed by atoms with van der Waals surface area (Å²) in [6, 6.07) is 7.47. The van der Waals surface area contributed by atoms with Crippen LogP contribution < -0.4 is 5.32 Å². The van der Waals surface area contributed by atoms with Crippen LogP contribution in [0.4, 0.5) is 13.2 Å². The minimum absolute atomic E-state index is 0.247. The lowest BCUT2D eigenvalue weighted by Crippen LogP contribution is -2.24. The molecule has 0 radical (unpaired) electrons. The Bertz CT molecular complexity index is 611. The standard InChI is InChI=1S/C16H15BrF3N/c1-2-21-16(14-9-12(18)3-4-15(14)20)7-10-5-11(17)8-13(19)6-10/h3-6,8-9,16,21H,2,7H2,1H3. The van der Waals surface area contributed by atoms with Crippen LogP contribution in [0.25, 0.3) is 0 Å². The second-order valence-electron chi connectivity index (χ2n) is 4.76. The molecule has 1 atom stereocenters. The second kappa shape index (κ2) is 7.09. The van der Waals surface area contributed by atoms with Gasteiger partial charge >= 0.3 is 0 Å². The Kier molecular flexibility index (Phi) is 5.42.